The van der Waals surface area contributed by atoms with Crippen LogP contribution in [0.5, 0.6) is 0 Å². The van der Waals surface area contributed by atoms with Crippen LogP contribution in [0.1, 0.15) is 55.9 Å². The lowest BCUT2D eigenvalue weighted by Gasteiger charge is -2.25. The number of nitrogens with zero attached hydrogens (tertiary/aromatic N) is 5. The van der Waals surface area contributed by atoms with Gasteiger partial charge in [-0.05, 0) is 51.2 Å². The first-order chi connectivity index (χ1) is 14.7. The zero-order valence-corrected chi connectivity index (χ0v) is 17.9. The molecule has 0 fully saturated rings. The minimum absolute atomic E-state index is 0.112. The third kappa shape index (κ3) is 4.47. The van der Waals surface area contributed by atoms with E-state index in [0.29, 0.717) is 13.0 Å². The van der Waals surface area contributed by atoms with Crippen molar-refractivity contribution in [2.24, 2.45) is 4.99 Å². The van der Waals surface area contributed by atoms with Crippen LogP contribution in [-0.4, -0.2) is 46.3 Å². The molecule has 0 spiro atoms. The van der Waals surface area contributed by atoms with Crippen molar-refractivity contribution in [3.8, 4) is 0 Å². The number of carbonyl (C=O) groups is 1. The molecule has 1 amide bonds. The molecule has 1 unspecified atom stereocenters. The Morgan fingerprint density at radius 3 is 3.03 bits per heavy atom. The molecular weight excluding hydrogens is 378 g/mol. The lowest BCUT2D eigenvalue weighted by atomic mass is 10.1. The first-order valence-electron chi connectivity index (χ1n) is 11.0. The Balaban J connectivity index is 1.31. The topological polar surface area (TPSA) is 87.4 Å². The molecule has 8 nitrogen and oxygen atoms in total. The van der Waals surface area contributed by atoms with E-state index in [0.717, 1.165) is 68.6 Å². The van der Waals surface area contributed by atoms with Gasteiger partial charge in [0.2, 0.25) is 5.91 Å². The van der Waals surface area contributed by atoms with Gasteiger partial charge in [0.15, 0.2) is 5.96 Å². The molecule has 2 aliphatic rings. The number of guanidine groups is 1. The Kier molecular flexibility index (Phi) is 6.30. The molecule has 2 aliphatic heterocycles. The van der Waals surface area contributed by atoms with E-state index in [-0.39, 0.29) is 11.9 Å². The summed E-state index contributed by atoms with van der Waals surface area (Å²) in [7, 11) is 0. The number of rotatable bonds is 6. The van der Waals surface area contributed by atoms with Crippen LogP contribution < -0.4 is 15.5 Å². The predicted octanol–water partition coefficient (Wildman–Crippen LogP) is 2.35. The quantitative estimate of drug-likeness (QED) is 0.434. The van der Waals surface area contributed by atoms with Crippen molar-refractivity contribution in [3.63, 3.8) is 0 Å². The van der Waals surface area contributed by atoms with Crippen LogP contribution in [0.25, 0.3) is 0 Å². The van der Waals surface area contributed by atoms with Crippen molar-refractivity contribution in [1.82, 2.24) is 25.4 Å². The van der Waals surface area contributed by atoms with Gasteiger partial charge in [-0.3, -0.25) is 9.79 Å². The largest absolute Gasteiger partial charge is 0.357 e. The zero-order valence-electron chi connectivity index (χ0n) is 17.9. The molecule has 2 aromatic rings. The lowest BCUT2D eigenvalue weighted by Crippen LogP contribution is -2.41. The standard InChI is InChI=1S/C22H31N7O/c1-3-23-22(26-18-9-7-14-29-21(18)25-16(2)27-29)24-13-6-11-20(30)28-15-12-17-8-4-5-10-19(17)28/h4-5,8,10,18H,3,6-7,9,11-15H2,1-2H3,(H2,23,24,26). The van der Waals surface area contributed by atoms with Gasteiger partial charge in [0.1, 0.15) is 11.6 Å². The van der Waals surface area contributed by atoms with E-state index in [1.54, 1.807) is 0 Å². The van der Waals surface area contributed by atoms with E-state index in [1.807, 2.05) is 34.7 Å². The molecule has 160 valence electrons. The van der Waals surface area contributed by atoms with E-state index in [2.05, 4.69) is 33.7 Å². The van der Waals surface area contributed by atoms with Gasteiger partial charge in [-0.15, -0.1) is 0 Å². The molecule has 1 aromatic heterocycles. The van der Waals surface area contributed by atoms with Crippen molar-refractivity contribution in [2.75, 3.05) is 24.5 Å². The van der Waals surface area contributed by atoms with E-state index in [9.17, 15) is 4.79 Å². The molecule has 0 saturated carbocycles. The molecule has 0 saturated heterocycles. The van der Waals surface area contributed by atoms with Crippen LogP contribution in [0.4, 0.5) is 5.69 Å². The summed E-state index contributed by atoms with van der Waals surface area (Å²) in [5.41, 5.74) is 2.33. The molecule has 1 atom stereocenters. The van der Waals surface area contributed by atoms with Crippen LogP contribution in [0, 0.1) is 6.92 Å². The lowest BCUT2D eigenvalue weighted by molar-refractivity contribution is -0.118. The number of aryl methyl sites for hydroxylation is 2. The number of fused-ring (bicyclic) bond motifs is 2. The highest BCUT2D eigenvalue weighted by Crippen LogP contribution is 2.28. The molecule has 8 heteroatoms. The Labute approximate surface area is 177 Å². The van der Waals surface area contributed by atoms with Crippen LogP contribution in [0.15, 0.2) is 29.3 Å². The summed E-state index contributed by atoms with van der Waals surface area (Å²) in [4.78, 5) is 23.9. The Morgan fingerprint density at radius 2 is 2.17 bits per heavy atom. The molecule has 30 heavy (non-hydrogen) atoms. The predicted molar refractivity (Wildman–Crippen MR) is 118 cm³/mol. The van der Waals surface area contributed by atoms with Gasteiger partial charge in [-0.2, -0.15) is 5.10 Å². The second kappa shape index (κ2) is 9.28. The van der Waals surface area contributed by atoms with Crippen molar-refractivity contribution < 1.29 is 4.79 Å². The first kappa shape index (κ1) is 20.4. The molecule has 0 aliphatic carbocycles. The maximum atomic E-state index is 12.7. The SMILES string of the molecule is CCNC(=NCCCC(=O)N1CCc2ccccc21)NC1CCCn2nc(C)nc21. The number of aromatic nitrogens is 3. The van der Waals surface area contributed by atoms with E-state index < -0.39 is 0 Å². The fraction of sp³-hybridized carbons (Fsp3) is 0.545. The summed E-state index contributed by atoms with van der Waals surface area (Å²) in [5, 5.41) is 11.3. The summed E-state index contributed by atoms with van der Waals surface area (Å²) < 4.78 is 1.99. The minimum atomic E-state index is 0.112. The number of benzene rings is 1. The van der Waals surface area contributed by atoms with Gasteiger partial charge in [0, 0.05) is 38.3 Å². The fourth-order valence-electron chi connectivity index (χ4n) is 4.24. The molecule has 1 aromatic carbocycles. The van der Waals surface area contributed by atoms with Gasteiger partial charge in [0.25, 0.3) is 0 Å². The zero-order chi connectivity index (χ0) is 20.9. The summed E-state index contributed by atoms with van der Waals surface area (Å²) in [6.45, 7) is 7.08. The smallest absolute Gasteiger partial charge is 0.227 e. The third-order valence-corrected chi connectivity index (χ3v) is 5.64. The van der Waals surface area contributed by atoms with Gasteiger partial charge in [0.05, 0.1) is 6.04 Å². The van der Waals surface area contributed by atoms with Gasteiger partial charge in [-0.25, -0.2) is 9.67 Å². The fourth-order valence-corrected chi connectivity index (χ4v) is 4.24. The van der Waals surface area contributed by atoms with Gasteiger partial charge in [-0.1, -0.05) is 18.2 Å². The number of hydrogen-bond donors (Lipinski definition) is 2. The highest BCUT2D eigenvalue weighted by atomic mass is 16.2. The Bertz CT molecular complexity index is 920. The monoisotopic (exact) mass is 409 g/mol. The second-order valence-corrected chi connectivity index (χ2v) is 7.87. The van der Waals surface area contributed by atoms with Gasteiger partial charge >= 0.3 is 0 Å². The number of hydrogen-bond acceptors (Lipinski definition) is 4. The van der Waals surface area contributed by atoms with Crippen molar-refractivity contribution in [1.29, 1.82) is 0 Å². The molecule has 2 N–H and O–H groups in total. The average Bonchev–Trinajstić information content (AvgIpc) is 3.34. The van der Waals surface area contributed by atoms with Crippen molar-refractivity contribution >= 4 is 17.6 Å². The number of carbonyl (C=O) groups excluding carboxylic acids is 1. The Hall–Kier alpha value is -2.90. The molecule has 0 bridgehead atoms. The molecule has 4 rings (SSSR count). The second-order valence-electron chi connectivity index (χ2n) is 7.87. The number of aliphatic imine (C=N–C) groups is 1. The Morgan fingerprint density at radius 1 is 1.30 bits per heavy atom. The van der Waals surface area contributed by atoms with Crippen LogP contribution in [-0.2, 0) is 17.8 Å². The minimum Gasteiger partial charge on any atom is -0.357 e. The van der Waals surface area contributed by atoms with Crippen LogP contribution in [0.2, 0.25) is 0 Å². The third-order valence-electron chi connectivity index (χ3n) is 5.64. The van der Waals surface area contributed by atoms with Gasteiger partial charge < -0.3 is 15.5 Å². The van der Waals surface area contributed by atoms with Crippen molar-refractivity contribution in [3.05, 3.63) is 41.5 Å². The van der Waals surface area contributed by atoms with E-state index in [1.165, 1.54) is 5.56 Å². The highest BCUT2D eigenvalue weighted by Gasteiger charge is 2.25. The first-order valence-corrected chi connectivity index (χ1v) is 11.0. The number of amides is 1. The average molecular weight is 410 g/mol. The summed E-state index contributed by atoms with van der Waals surface area (Å²) in [6, 6.07) is 8.29. The van der Waals surface area contributed by atoms with Crippen LogP contribution in [0.3, 0.4) is 0 Å². The molecule has 3 heterocycles. The summed E-state index contributed by atoms with van der Waals surface area (Å²) in [5.74, 6) is 2.74. The van der Waals surface area contributed by atoms with Crippen LogP contribution >= 0.6 is 0 Å². The van der Waals surface area contributed by atoms with E-state index >= 15 is 0 Å². The molecule has 0 radical (unpaired) electrons. The maximum absolute atomic E-state index is 12.7. The van der Waals surface area contributed by atoms with Crippen molar-refractivity contribution in [2.45, 2.75) is 58.5 Å². The summed E-state index contributed by atoms with van der Waals surface area (Å²) in [6.07, 6.45) is 4.26. The highest BCUT2D eigenvalue weighted by molar-refractivity contribution is 5.95. The van der Waals surface area contributed by atoms with E-state index in [4.69, 9.17) is 4.99 Å². The number of para-hydroxylation sites is 1. The normalized spacial score (nSPS) is 18.1. The number of nitrogens with one attached hydrogen (secondary N) is 2. The number of anilines is 1. The molecular formula is C22H31N7O. The summed E-state index contributed by atoms with van der Waals surface area (Å²) >= 11 is 0. The maximum Gasteiger partial charge on any atom is 0.227 e.